The van der Waals surface area contributed by atoms with Crippen LogP contribution in [-0.4, -0.2) is 37.6 Å². The molecule has 0 bridgehead atoms. The number of aryl methyl sites for hydroxylation is 1. The third-order valence-electron chi connectivity index (χ3n) is 4.57. The lowest BCUT2D eigenvalue weighted by Gasteiger charge is -2.26. The first-order valence-electron chi connectivity index (χ1n) is 8.45. The molecule has 0 aliphatic heterocycles. The number of hydrogen-bond donors (Lipinski definition) is 0. The van der Waals surface area contributed by atoms with Crippen LogP contribution in [0.25, 0.3) is 5.69 Å². The minimum absolute atomic E-state index is 0.0420. The molecule has 0 spiro atoms. The van der Waals surface area contributed by atoms with E-state index in [1.165, 1.54) is 24.2 Å². The first kappa shape index (κ1) is 19.5. The molecule has 9 heteroatoms. The van der Waals surface area contributed by atoms with Gasteiger partial charge in [0.15, 0.2) is 0 Å². The molecule has 3 rings (SSSR count). The van der Waals surface area contributed by atoms with Crippen molar-refractivity contribution >= 4 is 5.91 Å². The van der Waals surface area contributed by atoms with Crippen LogP contribution in [0.4, 0.5) is 13.2 Å². The number of pyridine rings is 1. The summed E-state index contributed by atoms with van der Waals surface area (Å²) in [6, 6.07) is 9.13. The number of carbonyl (C=O) groups is 1. The van der Waals surface area contributed by atoms with Gasteiger partial charge in [-0.2, -0.15) is 18.3 Å². The second kappa shape index (κ2) is 7.41. The van der Waals surface area contributed by atoms with Gasteiger partial charge in [-0.1, -0.05) is 12.1 Å². The van der Waals surface area contributed by atoms with Crippen molar-refractivity contribution in [3.05, 3.63) is 71.6 Å². The largest absolute Gasteiger partial charge is 0.433 e. The summed E-state index contributed by atoms with van der Waals surface area (Å²) in [5.74, 6) is -0.397. The van der Waals surface area contributed by atoms with Crippen LogP contribution in [0.2, 0.25) is 0 Å². The molecule has 0 N–H and O–H groups in total. The van der Waals surface area contributed by atoms with E-state index in [1.54, 1.807) is 18.1 Å². The van der Waals surface area contributed by atoms with Crippen LogP contribution in [0.15, 0.2) is 49.1 Å². The molecule has 1 aromatic carbocycles. The maximum Gasteiger partial charge on any atom is 0.433 e. The second-order valence-corrected chi connectivity index (χ2v) is 6.35. The van der Waals surface area contributed by atoms with Crippen LogP contribution in [0.1, 0.15) is 40.3 Å². The predicted octanol–water partition coefficient (Wildman–Crippen LogP) is 3.82. The van der Waals surface area contributed by atoms with E-state index in [4.69, 9.17) is 0 Å². The Morgan fingerprint density at radius 2 is 1.82 bits per heavy atom. The summed E-state index contributed by atoms with van der Waals surface area (Å²) in [5.41, 5.74) is 0.866. The molecule has 1 unspecified atom stereocenters. The van der Waals surface area contributed by atoms with E-state index in [2.05, 4.69) is 15.1 Å². The maximum absolute atomic E-state index is 12.8. The molecule has 2 aromatic heterocycles. The topological polar surface area (TPSA) is 63.9 Å². The molecule has 1 atom stereocenters. The molecular formula is C19H18F3N5O. The van der Waals surface area contributed by atoms with Gasteiger partial charge in [-0.25, -0.2) is 14.6 Å². The normalized spacial score (nSPS) is 12.6. The summed E-state index contributed by atoms with van der Waals surface area (Å²) < 4.78 is 39.9. The Hall–Kier alpha value is -3.23. The van der Waals surface area contributed by atoms with Crippen molar-refractivity contribution in [2.45, 2.75) is 26.1 Å². The highest BCUT2D eigenvalue weighted by Gasteiger charge is 2.33. The number of halogens is 3. The van der Waals surface area contributed by atoms with Gasteiger partial charge < -0.3 is 4.90 Å². The van der Waals surface area contributed by atoms with Crippen molar-refractivity contribution in [3.8, 4) is 5.69 Å². The van der Waals surface area contributed by atoms with Gasteiger partial charge in [0.1, 0.15) is 18.3 Å². The van der Waals surface area contributed by atoms with Crippen LogP contribution < -0.4 is 0 Å². The number of amides is 1. The van der Waals surface area contributed by atoms with Gasteiger partial charge in [0, 0.05) is 7.05 Å². The van der Waals surface area contributed by atoms with Crippen LogP contribution >= 0.6 is 0 Å². The van der Waals surface area contributed by atoms with E-state index in [0.29, 0.717) is 0 Å². The zero-order chi connectivity index (χ0) is 20.5. The molecule has 28 heavy (non-hydrogen) atoms. The molecule has 3 aromatic rings. The number of benzene rings is 1. The van der Waals surface area contributed by atoms with Crippen molar-refractivity contribution in [2.24, 2.45) is 0 Å². The van der Waals surface area contributed by atoms with Crippen molar-refractivity contribution in [1.29, 1.82) is 0 Å². The Morgan fingerprint density at radius 3 is 2.36 bits per heavy atom. The van der Waals surface area contributed by atoms with E-state index >= 15 is 0 Å². The van der Waals surface area contributed by atoms with Gasteiger partial charge in [-0.15, -0.1) is 0 Å². The lowest BCUT2D eigenvalue weighted by Crippen LogP contribution is -2.30. The van der Waals surface area contributed by atoms with Crippen LogP contribution in [0, 0.1) is 6.92 Å². The fraction of sp³-hybridized carbons (Fsp3) is 0.263. The summed E-state index contributed by atoms with van der Waals surface area (Å²) in [4.78, 5) is 21.7. The Bertz CT molecular complexity index is 968. The van der Waals surface area contributed by atoms with E-state index in [-0.39, 0.29) is 17.3 Å². The minimum Gasteiger partial charge on any atom is -0.335 e. The number of carbonyl (C=O) groups excluding carboxylic acids is 1. The maximum atomic E-state index is 12.8. The number of nitrogens with zero attached hydrogens (tertiary/aromatic N) is 5. The van der Waals surface area contributed by atoms with Crippen molar-refractivity contribution in [3.63, 3.8) is 0 Å². The molecule has 0 saturated carbocycles. The highest BCUT2D eigenvalue weighted by atomic mass is 19.4. The first-order chi connectivity index (χ1) is 13.2. The summed E-state index contributed by atoms with van der Waals surface area (Å²) >= 11 is 0. The fourth-order valence-corrected chi connectivity index (χ4v) is 2.78. The molecule has 6 nitrogen and oxygen atoms in total. The van der Waals surface area contributed by atoms with Crippen LogP contribution in [0.5, 0.6) is 0 Å². The third-order valence-corrected chi connectivity index (χ3v) is 4.57. The van der Waals surface area contributed by atoms with Crippen molar-refractivity contribution < 1.29 is 18.0 Å². The van der Waals surface area contributed by atoms with Crippen molar-refractivity contribution in [2.75, 3.05) is 7.05 Å². The van der Waals surface area contributed by atoms with E-state index in [0.717, 1.165) is 17.3 Å². The lowest BCUT2D eigenvalue weighted by molar-refractivity contribution is -0.141. The first-order valence-corrected chi connectivity index (χ1v) is 8.45. The van der Waals surface area contributed by atoms with Gasteiger partial charge in [0.25, 0.3) is 5.91 Å². The molecule has 0 saturated heterocycles. The monoisotopic (exact) mass is 389 g/mol. The van der Waals surface area contributed by atoms with Crippen LogP contribution in [0.3, 0.4) is 0 Å². The SMILES string of the molecule is Cc1nc(C(F)(F)F)ccc1C(=O)N(C)C(C)c1ccc(-n2cncn2)cc1. The molecular weight excluding hydrogens is 371 g/mol. The molecule has 146 valence electrons. The lowest BCUT2D eigenvalue weighted by atomic mass is 10.1. The quantitative estimate of drug-likeness (QED) is 0.681. The van der Waals surface area contributed by atoms with E-state index in [9.17, 15) is 18.0 Å². The smallest absolute Gasteiger partial charge is 0.335 e. The third kappa shape index (κ3) is 3.88. The Balaban J connectivity index is 1.79. The average Bonchev–Trinajstić information content (AvgIpc) is 3.20. The van der Waals surface area contributed by atoms with Gasteiger partial charge in [-0.05, 0) is 43.7 Å². The van der Waals surface area contributed by atoms with E-state index in [1.807, 2.05) is 31.2 Å². The fourth-order valence-electron chi connectivity index (χ4n) is 2.78. The summed E-state index contributed by atoms with van der Waals surface area (Å²) in [5, 5.41) is 4.05. The second-order valence-electron chi connectivity index (χ2n) is 6.35. The molecule has 2 heterocycles. The highest BCUT2D eigenvalue weighted by molar-refractivity contribution is 5.95. The molecule has 0 aliphatic rings. The Labute approximate surface area is 159 Å². The molecule has 0 fully saturated rings. The van der Waals surface area contributed by atoms with Gasteiger partial charge in [0.2, 0.25) is 0 Å². The standard InChI is InChI=1S/C19H18F3N5O/c1-12-16(8-9-17(25-12)19(20,21)22)18(28)26(3)13(2)14-4-6-15(7-5-14)27-11-23-10-24-27/h4-11,13H,1-3H3. The minimum atomic E-state index is -4.54. The summed E-state index contributed by atoms with van der Waals surface area (Å²) in [6.45, 7) is 3.24. The zero-order valence-corrected chi connectivity index (χ0v) is 15.5. The van der Waals surface area contributed by atoms with Gasteiger partial charge in [-0.3, -0.25) is 4.79 Å². The molecule has 1 amide bonds. The summed E-state index contributed by atoms with van der Waals surface area (Å²) in [7, 11) is 1.61. The number of aromatic nitrogens is 4. The van der Waals surface area contributed by atoms with Gasteiger partial charge >= 0.3 is 6.18 Å². The molecule has 0 aliphatic carbocycles. The van der Waals surface area contributed by atoms with E-state index < -0.39 is 17.8 Å². The van der Waals surface area contributed by atoms with Crippen LogP contribution in [-0.2, 0) is 6.18 Å². The molecule has 0 radical (unpaired) electrons. The highest BCUT2D eigenvalue weighted by Crippen LogP contribution is 2.29. The number of hydrogen-bond acceptors (Lipinski definition) is 4. The van der Waals surface area contributed by atoms with Crippen molar-refractivity contribution in [1.82, 2.24) is 24.6 Å². The average molecular weight is 389 g/mol. The number of rotatable bonds is 4. The predicted molar refractivity (Wildman–Crippen MR) is 95.8 cm³/mol. The zero-order valence-electron chi connectivity index (χ0n) is 15.5. The van der Waals surface area contributed by atoms with Gasteiger partial charge in [0.05, 0.1) is 23.0 Å². The summed E-state index contributed by atoms with van der Waals surface area (Å²) in [6.07, 6.45) is -1.53. The Morgan fingerprint density at radius 1 is 1.14 bits per heavy atom. The number of alkyl halides is 3. The Kier molecular flexibility index (Phi) is 5.17.